The van der Waals surface area contributed by atoms with Gasteiger partial charge in [-0.1, -0.05) is 60.4 Å². The van der Waals surface area contributed by atoms with Crippen LogP contribution in [-0.2, 0) is 0 Å². The molecule has 1 aromatic heterocycles. The molecule has 0 bridgehead atoms. The molecule has 0 unspecified atom stereocenters. The molecular formula is C26H16S2. The first-order chi connectivity index (χ1) is 13.9. The first-order valence-corrected chi connectivity index (χ1v) is 11.2. The highest BCUT2D eigenvalue weighted by Gasteiger charge is 2.47. The second kappa shape index (κ2) is 6.41. The maximum absolute atomic E-state index is 3.56. The Labute approximate surface area is 172 Å². The molecule has 0 N–H and O–H groups in total. The van der Waals surface area contributed by atoms with Crippen molar-refractivity contribution >= 4 is 38.8 Å². The van der Waals surface area contributed by atoms with Crippen LogP contribution in [0.4, 0.5) is 0 Å². The molecule has 2 aliphatic rings. The average molecular weight is 393 g/mol. The summed E-state index contributed by atoms with van der Waals surface area (Å²) >= 11 is 3.84. The molecule has 0 nitrogen and oxygen atoms in total. The van der Waals surface area contributed by atoms with E-state index in [9.17, 15) is 0 Å². The quantitative estimate of drug-likeness (QED) is 0.315. The van der Waals surface area contributed by atoms with Crippen molar-refractivity contribution in [2.45, 2.75) is 16.1 Å². The van der Waals surface area contributed by atoms with Gasteiger partial charge in [0.25, 0.3) is 0 Å². The Morgan fingerprint density at radius 1 is 0.786 bits per heavy atom. The monoisotopic (exact) mass is 392 g/mol. The van der Waals surface area contributed by atoms with Crippen LogP contribution in [0.25, 0.3) is 15.7 Å². The summed E-state index contributed by atoms with van der Waals surface area (Å²) in [5.41, 5.74) is 6.55. The molecule has 0 fully saturated rings. The molecule has 28 heavy (non-hydrogen) atoms. The normalized spacial score (nSPS) is 19.6. The second-order valence-corrected chi connectivity index (χ2v) is 9.31. The van der Waals surface area contributed by atoms with Crippen molar-refractivity contribution in [3.63, 3.8) is 0 Å². The first-order valence-electron chi connectivity index (χ1n) is 9.43. The van der Waals surface area contributed by atoms with E-state index in [4.69, 9.17) is 0 Å². The van der Waals surface area contributed by atoms with E-state index in [0.717, 1.165) is 5.56 Å². The maximum Gasteiger partial charge on any atom is 0.0475 e. The Kier molecular flexibility index (Phi) is 3.72. The lowest BCUT2D eigenvalue weighted by molar-refractivity contribution is 0.809. The fourth-order valence-electron chi connectivity index (χ4n) is 4.22. The topological polar surface area (TPSA) is 0 Å². The fraction of sp³-hybridized carbons (Fsp3) is 0.0769. The van der Waals surface area contributed by atoms with Crippen LogP contribution in [-0.4, -0.2) is 5.25 Å². The van der Waals surface area contributed by atoms with Gasteiger partial charge in [0.15, 0.2) is 0 Å². The van der Waals surface area contributed by atoms with Gasteiger partial charge in [0, 0.05) is 31.9 Å². The highest BCUT2D eigenvalue weighted by atomic mass is 32.2. The summed E-state index contributed by atoms with van der Waals surface area (Å²) in [6.45, 7) is 0. The third-order valence-corrected chi connectivity index (χ3v) is 7.81. The molecule has 2 heterocycles. The molecule has 0 radical (unpaired) electrons. The van der Waals surface area contributed by atoms with Crippen LogP contribution in [0.5, 0.6) is 0 Å². The zero-order chi connectivity index (χ0) is 18.5. The minimum Gasteiger partial charge on any atom is -0.144 e. The summed E-state index contributed by atoms with van der Waals surface area (Å²) in [6.07, 6.45) is 0. The van der Waals surface area contributed by atoms with Gasteiger partial charge in [-0.15, -0.1) is 23.1 Å². The number of hydrogen-bond donors (Lipinski definition) is 0. The summed E-state index contributed by atoms with van der Waals surface area (Å²) < 4.78 is 1.38. The third kappa shape index (κ3) is 2.48. The zero-order valence-electron chi connectivity index (χ0n) is 15.1. The van der Waals surface area contributed by atoms with Gasteiger partial charge in [0.1, 0.15) is 0 Å². The largest absolute Gasteiger partial charge is 0.144 e. The van der Waals surface area contributed by atoms with Crippen molar-refractivity contribution in [2.75, 3.05) is 0 Å². The van der Waals surface area contributed by atoms with Gasteiger partial charge < -0.3 is 0 Å². The van der Waals surface area contributed by atoms with E-state index in [1.54, 1.807) is 0 Å². The number of benzene rings is 3. The molecule has 132 valence electrons. The average Bonchev–Trinajstić information content (AvgIpc) is 3.30. The minimum atomic E-state index is 0.415. The minimum absolute atomic E-state index is 0.415. The van der Waals surface area contributed by atoms with Crippen molar-refractivity contribution in [3.05, 3.63) is 107 Å². The van der Waals surface area contributed by atoms with Crippen LogP contribution in [0.15, 0.2) is 94.7 Å². The number of thiophene rings is 1. The van der Waals surface area contributed by atoms with E-state index in [0.29, 0.717) is 11.2 Å². The summed E-state index contributed by atoms with van der Waals surface area (Å²) in [7, 11) is 0. The predicted octanol–water partition coefficient (Wildman–Crippen LogP) is 6.98. The predicted molar refractivity (Wildman–Crippen MR) is 121 cm³/mol. The van der Waals surface area contributed by atoms with Crippen molar-refractivity contribution < 1.29 is 0 Å². The lowest BCUT2D eigenvalue weighted by Crippen LogP contribution is -2.26. The number of hydrogen-bond acceptors (Lipinski definition) is 2. The summed E-state index contributed by atoms with van der Waals surface area (Å²) in [5.74, 6) is 7.38. The van der Waals surface area contributed by atoms with E-state index in [-0.39, 0.29) is 0 Å². The Balaban J connectivity index is 1.50. The van der Waals surface area contributed by atoms with E-state index in [2.05, 4.69) is 77.9 Å². The molecule has 2 atom stereocenters. The van der Waals surface area contributed by atoms with Gasteiger partial charge in [-0.2, -0.15) is 0 Å². The number of thioether (sulfide) groups is 1. The van der Waals surface area contributed by atoms with Gasteiger partial charge in [0.05, 0.1) is 0 Å². The van der Waals surface area contributed by atoms with Crippen LogP contribution in [0.3, 0.4) is 0 Å². The Hall–Kier alpha value is -2.73. The number of rotatable bonds is 1. The Morgan fingerprint density at radius 3 is 2.39 bits per heavy atom. The summed E-state index contributed by atoms with van der Waals surface area (Å²) in [4.78, 5) is 1.42. The zero-order valence-corrected chi connectivity index (χ0v) is 16.7. The van der Waals surface area contributed by atoms with Gasteiger partial charge >= 0.3 is 0 Å². The van der Waals surface area contributed by atoms with E-state index < -0.39 is 0 Å². The second-order valence-electron chi connectivity index (χ2n) is 7.17. The summed E-state index contributed by atoms with van der Waals surface area (Å²) in [5, 5.41) is 4.02. The molecule has 3 aromatic carbocycles. The summed E-state index contributed by atoms with van der Waals surface area (Å²) in [6, 6.07) is 28.1. The molecule has 0 saturated carbocycles. The van der Waals surface area contributed by atoms with Crippen molar-refractivity contribution in [1.82, 2.24) is 0 Å². The first kappa shape index (κ1) is 16.2. The Bertz CT molecular complexity index is 1280. The Morgan fingerprint density at radius 2 is 1.57 bits per heavy atom. The van der Waals surface area contributed by atoms with Gasteiger partial charge in [0.2, 0.25) is 0 Å². The van der Waals surface area contributed by atoms with Gasteiger partial charge in [-0.3, -0.25) is 0 Å². The standard InChI is InChI=1S/C26H16S2/c1-3-7-17(8-4-1)11-12-20-24(18-9-5-2-6-10-18)26-25(20)21-16-22-19(13-14-27-22)15-23(21)28-26/h1-10,13-16,25-26H/t25-,26-/m1/s1. The van der Waals surface area contributed by atoms with Crippen LogP contribution < -0.4 is 0 Å². The molecule has 6 rings (SSSR count). The molecule has 0 saturated heterocycles. The van der Waals surface area contributed by atoms with Crippen molar-refractivity contribution in [3.8, 4) is 11.8 Å². The van der Waals surface area contributed by atoms with E-state index >= 15 is 0 Å². The molecule has 0 spiro atoms. The van der Waals surface area contributed by atoms with Crippen LogP contribution >= 0.6 is 23.1 Å². The molecular weight excluding hydrogens is 376 g/mol. The van der Waals surface area contributed by atoms with Crippen molar-refractivity contribution in [1.29, 1.82) is 0 Å². The molecule has 2 heteroatoms. The SMILES string of the molecule is C(#Cc1ccccc1)C1=C(c2ccccc2)[C@H]2Sc3cc4ccsc4cc3[C@@H]12. The van der Waals surface area contributed by atoms with Crippen molar-refractivity contribution in [2.24, 2.45) is 0 Å². The molecule has 1 aliphatic carbocycles. The fourth-order valence-corrected chi connectivity index (χ4v) is 6.63. The highest BCUT2D eigenvalue weighted by Crippen LogP contribution is 2.62. The maximum atomic E-state index is 3.56. The molecule has 4 aromatic rings. The third-order valence-electron chi connectivity index (χ3n) is 5.56. The van der Waals surface area contributed by atoms with E-state index in [1.165, 1.54) is 37.3 Å². The number of fused-ring (bicyclic) bond motifs is 4. The van der Waals surface area contributed by atoms with Crippen LogP contribution in [0, 0.1) is 11.8 Å². The van der Waals surface area contributed by atoms with Gasteiger partial charge in [-0.25, -0.2) is 0 Å². The highest BCUT2D eigenvalue weighted by molar-refractivity contribution is 8.00. The lowest BCUT2D eigenvalue weighted by atomic mass is 9.71. The number of allylic oxidation sites excluding steroid dienone is 1. The van der Waals surface area contributed by atoms with E-state index in [1.807, 2.05) is 41.3 Å². The molecule has 0 amide bonds. The molecule has 1 aliphatic heterocycles. The van der Waals surface area contributed by atoms with Crippen LogP contribution in [0.1, 0.15) is 22.6 Å². The van der Waals surface area contributed by atoms with Crippen LogP contribution in [0.2, 0.25) is 0 Å². The smallest absolute Gasteiger partial charge is 0.0475 e. The van der Waals surface area contributed by atoms with Gasteiger partial charge in [-0.05, 0) is 57.8 Å². The lowest BCUT2D eigenvalue weighted by Gasteiger charge is -2.35.